The number of benzene rings is 1. The van der Waals surface area contributed by atoms with Crippen molar-refractivity contribution in [3.63, 3.8) is 0 Å². The number of imidazole rings is 1. The molecule has 4 aromatic rings. The molecule has 0 saturated carbocycles. The van der Waals surface area contributed by atoms with E-state index >= 15 is 0 Å². The van der Waals surface area contributed by atoms with Gasteiger partial charge in [0.15, 0.2) is 17.4 Å². The molecule has 0 radical (unpaired) electrons. The Morgan fingerprint density at radius 1 is 1.26 bits per heavy atom. The lowest BCUT2D eigenvalue weighted by Crippen LogP contribution is -2.33. The first-order valence-electron chi connectivity index (χ1n) is 9.51. The molecule has 0 bridgehead atoms. The lowest BCUT2D eigenvalue weighted by molar-refractivity contribution is -0.0501. The van der Waals surface area contributed by atoms with Crippen LogP contribution in [0.5, 0.6) is 0 Å². The van der Waals surface area contributed by atoms with E-state index in [0.29, 0.717) is 0 Å². The molecule has 1 fully saturated rings. The molecule has 1 aliphatic rings. The Kier molecular flexibility index (Phi) is 4.75. The van der Waals surface area contributed by atoms with Crippen molar-refractivity contribution in [1.29, 1.82) is 0 Å². The van der Waals surface area contributed by atoms with Gasteiger partial charge < -0.3 is 30.0 Å². The van der Waals surface area contributed by atoms with E-state index in [1.165, 1.54) is 10.9 Å². The van der Waals surface area contributed by atoms with Crippen LogP contribution in [-0.4, -0.2) is 71.0 Å². The van der Waals surface area contributed by atoms with Crippen molar-refractivity contribution in [3.05, 3.63) is 52.7 Å². The van der Waals surface area contributed by atoms with Gasteiger partial charge in [0.25, 0.3) is 5.56 Å². The predicted molar refractivity (Wildman–Crippen MR) is 111 cm³/mol. The number of nitrogens with one attached hydrogen (secondary N) is 3. The first kappa shape index (κ1) is 19.4. The third kappa shape index (κ3) is 3.18. The molecule has 4 atom stereocenters. The number of aliphatic hydroxyl groups excluding tert-OH is 3. The van der Waals surface area contributed by atoms with Crippen molar-refractivity contribution in [2.45, 2.75) is 24.5 Å². The van der Waals surface area contributed by atoms with Crippen molar-refractivity contribution in [1.82, 2.24) is 24.5 Å². The van der Waals surface area contributed by atoms with Crippen LogP contribution in [0.1, 0.15) is 11.8 Å². The zero-order valence-corrected chi connectivity index (χ0v) is 16.0. The number of nitrogens with zero attached hydrogens (tertiary/aromatic N) is 4. The van der Waals surface area contributed by atoms with Gasteiger partial charge in [0.05, 0.1) is 19.1 Å². The van der Waals surface area contributed by atoms with Gasteiger partial charge in [-0.1, -0.05) is 18.2 Å². The largest absolute Gasteiger partial charge is 0.394 e. The minimum Gasteiger partial charge on any atom is -0.394 e. The Bertz CT molecular complexity index is 1330. The van der Waals surface area contributed by atoms with E-state index in [9.17, 15) is 20.1 Å². The molecule has 12 heteroatoms. The summed E-state index contributed by atoms with van der Waals surface area (Å²) >= 11 is 0. The summed E-state index contributed by atoms with van der Waals surface area (Å²) in [6, 6.07) is 7.73. The first-order valence-corrected chi connectivity index (χ1v) is 9.51. The van der Waals surface area contributed by atoms with Crippen LogP contribution in [0.15, 0.2) is 46.7 Å². The standard InChI is InChI=1S/C19H19N7O5/c27-7-12-14(28)15(29)18(31-12)26-16-13(17(30)22-8-21-16)24-19(26)25-23-6-9-5-20-11-4-2-1-3-10(9)11/h1-6,8,12,14-15,18,20,27-29H,7H2,(H,24,25)(H,21,22,30)/b23-6-/t12-,14-,15-,18-/m1/s1. The molecule has 1 aliphatic heterocycles. The zero-order chi connectivity index (χ0) is 21.5. The average Bonchev–Trinajstić information content (AvgIpc) is 3.44. The fraction of sp³-hybridized carbons (Fsp3) is 0.263. The summed E-state index contributed by atoms with van der Waals surface area (Å²) in [6.45, 7) is -0.489. The molecule has 0 amide bonds. The highest BCUT2D eigenvalue weighted by atomic mass is 16.6. The first-order chi connectivity index (χ1) is 15.1. The summed E-state index contributed by atoms with van der Waals surface area (Å²) in [7, 11) is 0. The van der Waals surface area contributed by atoms with Gasteiger partial charge in [-0.15, -0.1) is 0 Å². The van der Waals surface area contributed by atoms with Crippen LogP contribution in [0.4, 0.5) is 5.95 Å². The van der Waals surface area contributed by atoms with Crippen molar-refractivity contribution in [2.75, 3.05) is 12.0 Å². The number of hydrogen-bond donors (Lipinski definition) is 6. The number of rotatable bonds is 5. The molecule has 6 N–H and O–H groups in total. The number of aromatic nitrogens is 5. The van der Waals surface area contributed by atoms with Gasteiger partial charge in [0, 0.05) is 22.7 Å². The number of aromatic amines is 2. The van der Waals surface area contributed by atoms with E-state index in [0.717, 1.165) is 16.5 Å². The number of aliphatic hydroxyl groups is 3. The van der Waals surface area contributed by atoms with Gasteiger partial charge >= 0.3 is 0 Å². The summed E-state index contributed by atoms with van der Waals surface area (Å²) < 4.78 is 6.94. The van der Waals surface area contributed by atoms with Crippen molar-refractivity contribution >= 4 is 34.2 Å². The van der Waals surface area contributed by atoms with Gasteiger partial charge in [0.1, 0.15) is 18.3 Å². The highest BCUT2D eigenvalue weighted by molar-refractivity contribution is 5.99. The van der Waals surface area contributed by atoms with Gasteiger partial charge in [-0.2, -0.15) is 5.10 Å². The van der Waals surface area contributed by atoms with E-state index in [4.69, 9.17) is 4.74 Å². The number of ether oxygens (including phenoxy) is 1. The molecule has 1 saturated heterocycles. The molecule has 160 valence electrons. The van der Waals surface area contributed by atoms with Crippen molar-refractivity contribution in [2.24, 2.45) is 5.10 Å². The summed E-state index contributed by atoms with van der Waals surface area (Å²) in [4.78, 5) is 26.1. The zero-order valence-electron chi connectivity index (χ0n) is 16.0. The predicted octanol–water partition coefficient (Wildman–Crippen LogP) is -0.342. The van der Waals surface area contributed by atoms with E-state index in [2.05, 4.69) is 30.5 Å². The third-order valence-electron chi connectivity index (χ3n) is 5.24. The minimum atomic E-state index is -1.38. The Balaban J connectivity index is 1.53. The lowest BCUT2D eigenvalue weighted by Gasteiger charge is -2.18. The van der Waals surface area contributed by atoms with Crippen LogP contribution >= 0.6 is 0 Å². The molecule has 0 unspecified atom stereocenters. The Labute approximate surface area is 173 Å². The number of anilines is 1. The quantitative estimate of drug-likeness (QED) is 0.186. The minimum absolute atomic E-state index is 0.00466. The number of hydrazone groups is 1. The SMILES string of the molecule is O=c1[nH]cnc2c1nc(N/N=C\c1c[nH]c3ccccc13)n2[C@@H]1O[C@H](CO)[C@@H](O)[C@H]1O. The van der Waals surface area contributed by atoms with Crippen LogP contribution in [-0.2, 0) is 4.74 Å². The second kappa shape index (κ2) is 7.59. The molecule has 31 heavy (non-hydrogen) atoms. The second-order valence-corrected chi connectivity index (χ2v) is 7.10. The maximum atomic E-state index is 12.2. The van der Waals surface area contributed by atoms with E-state index in [1.807, 2.05) is 24.3 Å². The summed E-state index contributed by atoms with van der Waals surface area (Å²) in [5, 5.41) is 35.2. The highest BCUT2D eigenvalue weighted by Crippen LogP contribution is 2.33. The van der Waals surface area contributed by atoms with E-state index in [1.54, 1.807) is 12.4 Å². The maximum Gasteiger partial charge on any atom is 0.278 e. The Morgan fingerprint density at radius 2 is 2.10 bits per heavy atom. The van der Waals surface area contributed by atoms with Crippen LogP contribution in [0.2, 0.25) is 0 Å². The number of hydrogen-bond acceptors (Lipinski definition) is 9. The number of para-hydroxylation sites is 1. The van der Waals surface area contributed by atoms with Crippen LogP contribution in [0, 0.1) is 0 Å². The molecule has 0 spiro atoms. The number of fused-ring (bicyclic) bond motifs is 2. The second-order valence-electron chi connectivity index (χ2n) is 7.10. The van der Waals surface area contributed by atoms with Crippen molar-refractivity contribution < 1.29 is 20.1 Å². The summed E-state index contributed by atoms with van der Waals surface area (Å²) in [5.41, 5.74) is 4.19. The molecule has 3 aromatic heterocycles. The van der Waals surface area contributed by atoms with Crippen LogP contribution in [0.25, 0.3) is 22.1 Å². The molecule has 5 rings (SSSR count). The third-order valence-corrected chi connectivity index (χ3v) is 5.24. The molecule has 12 nitrogen and oxygen atoms in total. The van der Waals surface area contributed by atoms with Gasteiger partial charge in [-0.25, -0.2) is 15.4 Å². The van der Waals surface area contributed by atoms with E-state index < -0.39 is 36.7 Å². The fourth-order valence-electron chi connectivity index (χ4n) is 3.69. The average molecular weight is 425 g/mol. The highest BCUT2D eigenvalue weighted by Gasteiger charge is 2.45. The van der Waals surface area contributed by atoms with Gasteiger partial charge in [-0.3, -0.25) is 9.36 Å². The normalized spacial score (nSPS) is 24.0. The summed E-state index contributed by atoms with van der Waals surface area (Å²) in [5.74, 6) is 0.0742. The van der Waals surface area contributed by atoms with Crippen LogP contribution in [0.3, 0.4) is 0 Å². The lowest BCUT2D eigenvalue weighted by atomic mass is 10.1. The van der Waals surface area contributed by atoms with Crippen molar-refractivity contribution in [3.8, 4) is 0 Å². The molecular weight excluding hydrogens is 406 g/mol. The van der Waals surface area contributed by atoms with E-state index in [-0.39, 0.29) is 17.1 Å². The molecule has 0 aliphatic carbocycles. The summed E-state index contributed by atoms with van der Waals surface area (Å²) in [6.07, 6.45) is -0.261. The fourth-order valence-corrected chi connectivity index (χ4v) is 3.69. The smallest absolute Gasteiger partial charge is 0.278 e. The molecule has 4 heterocycles. The monoisotopic (exact) mass is 425 g/mol. The van der Waals surface area contributed by atoms with Crippen LogP contribution < -0.4 is 11.0 Å². The Hall–Kier alpha value is -3.58. The topological polar surface area (TPSA) is 174 Å². The molecular formula is C19H19N7O5. The number of H-pyrrole nitrogens is 2. The maximum absolute atomic E-state index is 12.2. The molecule has 1 aromatic carbocycles. The van der Waals surface area contributed by atoms with Gasteiger partial charge in [0.2, 0.25) is 5.95 Å². The van der Waals surface area contributed by atoms with Gasteiger partial charge in [-0.05, 0) is 6.07 Å². The Morgan fingerprint density at radius 3 is 2.90 bits per heavy atom.